The molecule has 1 aromatic heterocycles. The van der Waals surface area contributed by atoms with Gasteiger partial charge in [-0.2, -0.15) is 0 Å². The number of fused-ring (bicyclic) bond motifs is 1. The number of methoxy groups -OCH3 is 1. The van der Waals surface area contributed by atoms with E-state index in [1.54, 1.807) is 36.4 Å². The van der Waals surface area contributed by atoms with Crippen LogP contribution in [0, 0.1) is 6.92 Å². The molecule has 1 aliphatic rings. The Morgan fingerprint density at radius 1 is 1.00 bits per heavy atom. The Labute approximate surface area is 200 Å². The molecule has 3 amide bonds. The van der Waals surface area contributed by atoms with Gasteiger partial charge in [0.2, 0.25) is 5.91 Å². The highest BCUT2D eigenvalue weighted by atomic mass is 32.1. The standard InChI is InChI=1S/C25H22N2O6S/c1-4-33-16-11-9-15(10-12-16)20-14(2)34-22(21(20)25(31)32-3)26-19(28)13-27-23(29)17-7-5-6-8-18(17)24(27)30/h5-12H,4,13H2,1-3H3,(H,26,28). The van der Waals surface area contributed by atoms with Gasteiger partial charge in [0.15, 0.2) is 0 Å². The molecule has 34 heavy (non-hydrogen) atoms. The molecule has 0 bridgehead atoms. The minimum absolute atomic E-state index is 0.213. The molecule has 9 heteroatoms. The molecule has 0 aliphatic carbocycles. The van der Waals surface area contributed by atoms with Gasteiger partial charge >= 0.3 is 5.97 Å². The summed E-state index contributed by atoms with van der Waals surface area (Å²) >= 11 is 1.22. The molecule has 1 N–H and O–H groups in total. The van der Waals surface area contributed by atoms with Crippen LogP contribution in [0.2, 0.25) is 0 Å². The Bertz CT molecular complexity index is 1260. The van der Waals surface area contributed by atoms with Crippen molar-refractivity contribution >= 4 is 40.0 Å². The van der Waals surface area contributed by atoms with E-state index in [1.807, 2.05) is 26.0 Å². The largest absolute Gasteiger partial charge is 0.494 e. The van der Waals surface area contributed by atoms with Crippen molar-refractivity contribution in [2.45, 2.75) is 13.8 Å². The van der Waals surface area contributed by atoms with Crippen LogP contribution in [0.25, 0.3) is 11.1 Å². The summed E-state index contributed by atoms with van der Waals surface area (Å²) < 4.78 is 10.5. The zero-order chi connectivity index (χ0) is 24.4. The van der Waals surface area contributed by atoms with Crippen LogP contribution in [0.5, 0.6) is 5.75 Å². The summed E-state index contributed by atoms with van der Waals surface area (Å²) in [5, 5.41) is 2.98. The van der Waals surface area contributed by atoms with E-state index >= 15 is 0 Å². The topological polar surface area (TPSA) is 102 Å². The van der Waals surface area contributed by atoms with Gasteiger partial charge in [-0.1, -0.05) is 24.3 Å². The SMILES string of the molecule is CCOc1ccc(-c2c(C)sc(NC(=O)CN3C(=O)c4ccccc4C3=O)c2C(=O)OC)cc1. The third-order valence-corrected chi connectivity index (χ3v) is 6.38. The number of carbonyl (C=O) groups excluding carboxylic acids is 4. The zero-order valence-electron chi connectivity index (χ0n) is 18.8. The normalized spacial score (nSPS) is 12.5. The quantitative estimate of drug-likeness (QED) is 0.404. The van der Waals surface area contributed by atoms with E-state index in [9.17, 15) is 19.2 Å². The monoisotopic (exact) mass is 478 g/mol. The highest BCUT2D eigenvalue weighted by Crippen LogP contribution is 2.41. The third-order valence-electron chi connectivity index (χ3n) is 5.36. The first-order valence-corrected chi connectivity index (χ1v) is 11.4. The number of rotatable bonds is 7. The highest BCUT2D eigenvalue weighted by Gasteiger charge is 2.36. The molecule has 8 nitrogen and oxygen atoms in total. The molecule has 1 aliphatic heterocycles. The second kappa shape index (κ2) is 9.48. The van der Waals surface area contributed by atoms with Crippen LogP contribution in [0.1, 0.15) is 42.9 Å². The minimum Gasteiger partial charge on any atom is -0.494 e. The van der Waals surface area contributed by atoms with Crippen molar-refractivity contribution in [3.8, 4) is 16.9 Å². The van der Waals surface area contributed by atoms with Crippen LogP contribution in [0.4, 0.5) is 5.00 Å². The summed E-state index contributed by atoms with van der Waals surface area (Å²) in [6.07, 6.45) is 0. The number of carbonyl (C=O) groups is 4. The molecule has 2 aromatic carbocycles. The van der Waals surface area contributed by atoms with E-state index in [4.69, 9.17) is 9.47 Å². The van der Waals surface area contributed by atoms with E-state index in [2.05, 4.69) is 5.32 Å². The van der Waals surface area contributed by atoms with Crippen molar-refractivity contribution in [1.29, 1.82) is 0 Å². The molecule has 0 fully saturated rings. The first-order valence-electron chi connectivity index (χ1n) is 10.6. The van der Waals surface area contributed by atoms with Gasteiger partial charge in [-0.25, -0.2) is 4.79 Å². The predicted molar refractivity (Wildman–Crippen MR) is 127 cm³/mol. The molecule has 0 saturated heterocycles. The maximum absolute atomic E-state index is 12.8. The van der Waals surface area contributed by atoms with E-state index in [-0.39, 0.29) is 21.7 Å². The Hall–Kier alpha value is -3.98. The number of hydrogen-bond acceptors (Lipinski definition) is 7. The molecule has 2 heterocycles. The van der Waals surface area contributed by atoms with Crippen LogP contribution in [0.15, 0.2) is 48.5 Å². The summed E-state index contributed by atoms with van der Waals surface area (Å²) in [7, 11) is 1.27. The molecule has 0 spiro atoms. The van der Waals surface area contributed by atoms with Gasteiger partial charge < -0.3 is 14.8 Å². The number of nitrogens with zero attached hydrogens (tertiary/aromatic N) is 1. The first-order chi connectivity index (χ1) is 16.3. The predicted octanol–water partition coefficient (Wildman–Crippen LogP) is 4.14. The highest BCUT2D eigenvalue weighted by molar-refractivity contribution is 7.17. The van der Waals surface area contributed by atoms with Gasteiger partial charge in [-0.05, 0) is 43.7 Å². The summed E-state index contributed by atoms with van der Waals surface area (Å²) in [4.78, 5) is 52.3. The number of hydrogen-bond donors (Lipinski definition) is 1. The Morgan fingerprint density at radius 2 is 1.62 bits per heavy atom. The van der Waals surface area contributed by atoms with Crippen molar-refractivity contribution < 1.29 is 28.7 Å². The van der Waals surface area contributed by atoms with Crippen molar-refractivity contribution in [2.75, 3.05) is 25.6 Å². The average Bonchev–Trinajstić information content (AvgIpc) is 3.28. The second-order valence-corrected chi connectivity index (χ2v) is 8.70. The lowest BCUT2D eigenvalue weighted by Gasteiger charge is -2.14. The molecule has 0 saturated carbocycles. The Kier molecular flexibility index (Phi) is 6.47. The van der Waals surface area contributed by atoms with Crippen molar-refractivity contribution in [2.24, 2.45) is 0 Å². The molecule has 0 radical (unpaired) electrons. The number of amides is 3. The van der Waals surface area contributed by atoms with E-state index in [0.717, 1.165) is 15.3 Å². The van der Waals surface area contributed by atoms with Gasteiger partial charge in [-0.15, -0.1) is 11.3 Å². The van der Waals surface area contributed by atoms with Crippen LogP contribution >= 0.6 is 11.3 Å². The molecule has 0 atom stereocenters. The van der Waals surface area contributed by atoms with E-state index in [0.29, 0.717) is 17.9 Å². The summed E-state index contributed by atoms with van der Waals surface area (Å²) in [6.45, 7) is 3.79. The number of nitrogens with one attached hydrogen (secondary N) is 1. The molecule has 0 unspecified atom stereocenters. The molecule has 174 valence electrons. The number of thiophene rings is 1. The second-order valence-electron chi connectivity index (χ2n) is 7.48. The molecule has 4 rings (SSSR count). The number of ether oxygens (including phenoxy) is 2. The zero-order valence-corrected chi connectivity index (χ0v) is 19.7. The Morgan fingerprint density at radius 3 is 2.18 bits per heavy atom. The van der Waals surface area contributed by atoms with Crippen LogP contribution in [0.3, 0.4) is 0 Å². The van der Waals surface area contributed by atoms with Gasteiger partial charge in [0.05, 0.1) is 24.8 Å². The lowest BCUT2D eigenvalue weighted by atomic mass is 10.0. The number of imide groups is 1. The molecular formula is C25H22N2O6S. The summed E-state index contributed by atoms with van der Waals surface area (Å²) in [6, 6.07) is 13.7. The lowest BCUT2D eigenvalue weighted by molar-refractivity contribution is -0.116. The van der Waals surface area contributed by atoms with Crippen molar-refractivity contribution in [1.82, 2.24) is 4.90 Å². The third kappa shape index (κ3) is 4.17. The van der Waals surface area contributed by atoms with E-state index in [1.165, 1.54) is 18.4 Å². The number of esters is 1. The average molecular weight is 479 g/mol. The van der Waals surface area contributed by atoms with Crippen LogP contribution < -0.4 is 10.1 Å². The smallest absolute Gasteiger partial charge is 0.341 e. The van der Waals surface area contributed by atoms with Crippen LogP contribution in [-0.2, 0) is 9.53 Å². The van der Waals surface area contributed by atoms with Gasteiger partial charge in [0.1, 0.15) is 22.9 Å². The van der Waals surface area contributed by atoms with Gasteiger partial charge in [-0.3, -0.25) is 19.3 Å². The lowest BCUT2D eigenvalue weighted by Crippen LogP contribution is -2.37. The van der Waals surface area contributed by atoms with Crippen molar-refractivity contribution in [3.63, 3.8) is 0 Å². The van der Waals surface area contributed by atoms with Gasteiger partial charge in [0.25, 0.3) is 11.8 Å². The van der Waals surface area contributed by atoms with Gasteiger partial charge in [0, 0.05) is 10.4 Å². The Balaban J connectivity index is 1.60. The van der Waals surface area contributed by atoms with Crippen LogP contribution in [-0.4, -0.2) is 48.9 Å². The maximum Gasteiger partial charge on any atom is 0.341 e. The summed E-state index contributed by atoms with van der Waals surface area (Å²) in [5.41, 5.74) is 2.14. The molecular weight excluding hydrogens is 456 g/mol. The van der Waals surface area contributed by atoms with E-state index < -0.39 is 30.2 Å². The maximum atomic E-state index is 12.8. The number of anilines is 1. The van der Waals surface area contributed by atoms with Crippen molar-refractivity contribution in [3.05, 3.63) is 70.1 Å². The minimum atomic E-state index is -0.607. The summed E-state index contributed by atoms with van der Waals surface area (Å²) in [5.74, 6) is -1.56. The molecule has 3 aromatic rings. The number of benzene rings is 2. The fraction of sp³-hybridized carbons (Fsp3) is 0.200. The fourth-order valence-electron chi connectivity index (χ4n) is 3.85. The number of aryl methyl sites for hydroxylation is 1. The first kappa shape index (κ1) is 23.2. The fourth-order valence-corrected chi connectivity index (χ4v) is 4.93.